The summed E-state index contributed by atoms with van der Waals surface area (Å²) in [6.45, 7) is 0.00456. The van der Waals surface area contributed by atoms with Crippen molar-refractivity contribution >= 4 is 17.6 Å². The first kappa shape index (κ1) is 18.3. The highest BCUT2D eigenvalue weighted by Crippen LogP contribution is 2.36. The van der Waals surface area contributed by atoms with Gasteiger partial charge in [0, 0.05) is 19.2 Å². The number of anilines is 1. The first-order valence-electron chi connectivity index (χ1n) is 9.78. The van der Waals surface area contributed by atoms with Crippen LogP contribution in [0, 0.1) is 0 Å². The molecule has 30 heavy (non-hydrogen) atoms. The zero-order valence-corrected chi connectivity index (χ0v) is 16.3. The summed E-state index contributed by atoms with van der Waals surface area (Å²) in [6, 6.07) is 10.8. The number of fused-ring (bicyclic) bond motifs is 2. The van der Waals surface area contributed by atoms with Gasteiger partial charge in [-0.1, -0.05) is 24.3 Å². The molecule has 1 aliphatic carbocycles. The molecule has 2 atom stereocenters. The van der Waals surface area contributed by atoms with Crippen molar-refractivity contribution in [1.29, 1.82) is 0 Å². The van der Waals surface area contributed by atoms with Crippen molar-refractivity contribution in [2.75, 3.05) is 18.6 Å². The Balaban J connectivity index is 1.32. The van der Waals surface area contributed by atoms with Crippen LogP contribution in [0.1, 0.15) is 39.9 Å². The second-order valence-corrected chi connectivity index (χ2v) is 7.41. The Morgan fingerprint density at radius 1 is 1.23 bits per heavy atom. The average Bonchev–Trinajstić information content (AvgIpc) is 3.40. The summed E-state index contributed by atoms with van der Waals surface area (Å²) in [5, 5.41) is 10.9. The molecular formula is C21H20N6O3. The molecule has 0 bridgehead atoms. The summed E-state index contributed by atoms with van der Waals surface area (Å²) in [7, 11) is 1.60. The monoisotopic (exact) mass is 404 g/mol. The lowest BCUT2D eigenvalue weighted by molar-refractivity contribution is -0.120. The highest BCUT2D eigenvalue weighted by Gasteiger charge is 2.33. The van der Waals surface area contributed by atoms with Gasteiger partial charge >= 0.3 is 0 Å². The van der Waals surface area contributed by atoms with Crippen molar-refractivity contribution in [2.24, 2.45) is 0 Å². The maximum absolute atomic E-state index is 12.8. The summed E-state index contributed by atoms with van der Waals surface area (Å²) < 4.78 is 5.68. The first-order valence-corrected chi connectivity index (χ1v) is 9.78. The molecule has 9 heteroatoms. The van der Waals surface area contributed by atoms with E-state index in [4.69, 9.17) is 4.74 Å². The van der Waals surface area contributed by atoms with Gasteiger partial charge in [-0.05, 0) is 36.1 Å². The Kier molecular flexibility index (Phi) is 4.42. The number of ether oxygens (including phenoxy) is 1. The molecule has 2 N–H and O–H groups in total. The number of likely N-dealkylation sites (N-methyl/N-ethyl adjacent to an activating group) is 1. The number of hydrogen-bond donors (Lipinski definition) is 2. The maximum Gasteiger partial charge on any atom is 0.289 e. The molecule has 0 spiro atoms. The van der Waals surface area contributed by atoms with Crippen LogP contribution in [-0.2, 0) is 11.2 Å². The topological polar surface area (TPSA) is 113 Å². The Bertz CT molecular complexity index is 1130. The number of hydrogen-bond acceptors (Lipinski definition) is 6. The quantitative estimate of drug-likeness (QED) is 0.683. The van der Waals surface area contributed by atoms with Gasteiger partial charge in [-0.25, -0.2) is 4.98 Å². The Morgan fingerprint density at radius 3 is 3.00 bits per heavy atom. The number of H-pyrrole nitrogens is 1. The van der Waals surface area contributed by atoms with Gasteiger partial charge in [-0.15, -0.1) is 10.2 Å². The molecule has 1 aliphatic heterocycles. The van der Waals surface area contributed by atoms with Gasteiger partial charge in [0.25, 0.3) is 11.8 Å². The standard InChI is InChI=1S/C21H20N6O3/c1-27-19-16(7-4-10-22-19)30-11-15(21(27)29)23-20(28)18-24-17(25-26-18)14-9-8-12-5-2-3-6-13(12)14/h2-7,10,14-15H,8-9,11H2,1H3,(H,23,28)(H,24,25,26)/t14-,15+/m1/s1. The smallest absolute Gasteiger partial charge is 0.289 e. The Morgan fingerprint density at radius 2 is 2.10 bits per heavy atom. The number of benzene rings is 1. The molecule has 152 valence electrons. The number of amides is 2. The average molecular weight is 404 g/mol. The zero-order chi connectivity index (χ0) is 20.7. The van der Waals surface area contributed by atoms with E-state index in [1.54, 1.807) is 25.4 Å². The number of aromatic amines is 1. The van der Waals surface area contributed by atoms with Crippen molar-refractivity contribution in [3.8, 4) is 5.75 Å². The lowest BCUT2D eigenvalue weighted by Gasteiger charge is -2.19. The molecule has 2 amide bonds. The lowest BCUT2D eigenvalue weighted by atomic mass is 10.0. The Hall–Kier alpha value is -3.75. The maximum atomic E-state index is 12.8. The van der Waals surface area contributed by atoms with Crippen molar-refractivity contribution < 1.29 is 14.3 Å². The molecule has 0 unspecified atom stereocenters. The van der Waals surface area contributed by atoms with Crippen molar-refractivity contribution in [3.05, 3.63) is 65.4 Å². The van der Waals surface area contributed by atoms with Crippen LogP contribution in [0.2, 0.25) is 0 Å². The van der Waals surface area contributed by atoms with Gasteiger partial charge in [-0.2, -0.15) is 0 Å². The van der Waals surface area contributed by atoms with E-state index in [1.165, 1.54) is 16.0 Å². The number of pyridine rings is 1. The fraction of sp³-hybridized carbons (Fsp3) is 0.286. The van der Waals surface area contributed by atoms with Crippen LogP contribution in [0.25, 0.3) is 0 Å². The number of rotatable bonds is 3. The van der Waals surface area contributed by atoms with Crippen LogP contribution < -0.4 is 15.0 Å². The third-order valence-corrected chi connectivity index (χ3v) is 5.59. The van der Waals surface area contributed by atoms with Gasteiger partial charge in [0.1, 0.15) is 18.5 Å². The molecule has 0 saturated heterocycles. The van der Waals surface area contributed by atoms with E-state index in [9.17, 15) is 9.59 Å². The van der Waals surface area contributed by atoms with Crippen molar-refractivity contribution in [2.45, 2.75) is 24.8 Å². The molecule has 0 saturated carbocycles. The zero-order valence-electron chi connectivity index (χ0n) is 16.3. The van der Waals surface area contributed by atoms with Gasteiger partial charge in [-0.3, -0.25) is 14.5 Å². The predicted octanol–water partition coefficient (Wildman–Crippen LogP) is 1.43. The van der Waals surface area contributed by atoms with Gasteiger partial charge in [0.2, 0.25) is 5.82 Å². The molecule has 3 heterocycles. The van der Waals surface area contributed by atoms with E-state index in [0.717, 1.165) is 12.8 Å². The second kappa shape index (κ2) is 7.25. The summed E-state index contributed by atoms with van der Waals surface area (Å²) in [5.74, 6) is 0.907. The van der Waals surface area contributed by atoms with Crippen LogP contribution in [-0.4, -0.2) is 51.7 Å². The van der Waals surface area contributed by atoms with Gasteiger partial charge in [0.15, 0.2) is 11.6 Å². The molecule has 9 nitrogen and oxygen atoms in total. The lowest BCUT2D eigenvalue weighted by Crippen LogP contribution is -2.49. The van der Waals surface area contributed by atoms with E-state index in [1.807, 2.05) is 12.1 Å². The highest BCUT2D eigenvalue weighted by molar-refractivity contribution is 6.01. The third kappa shape index (κ3) is 3.08. The highest BCUT2D eigenvalue weighted by atomic mass is 16.5. The van der Waals surface area contributed by atoms with E-state index >= 15 is 0 Å². The van der Waals surface area contributed by atoms with Gasteiger partial charge in [0.05, 0.1) is 0 Å². The molecule has 1 aromatic carbocycles. The number of aryl methyl sites for hydroxylation is 1. The van der Waals surface area contributed by atoms with Gasteiger partial charge < -0.3 is 15.0 Å². The Labute approximate surface area is 172 Å². The minimum atomic E-state index is -0.863. The van der Waals surface area contributed by atoms with Crippen LogP contribution >= 0.6 is 0 Å². The number of carbonyl (C=O) groups is 2. The summed E-state index contributed by atoms with van der Waals surface area (Å²) in [5.41, 5.74) is 2.50. The molecular weight excluding hydrogens is 384 g/mol. The van der Waals surface area contributed by atoms with E-state index in [2.05, 4.69) is 37.6 Å². The fourth-order valence-corrected chi connectivity index (χ4v) is 4.03. The normalized spacial score (nSPS) is 20.2. The van der Waals surface area contributed by atoms with E-state index in [-0.39, 0.29) is 24.3 Å². The minimum absolute atomic E-state index is 0.00456. The van der Waals surface area contributed by atoms with Crippen LogP contribution in [0.15, 0.2) is 42.6 Å². The summed E-state index contributed by atoms with van der Waals surface area (Å²) >= 11 is 0. The first-order chi connectivity index (χ1) is 14.6. The molecule has 2 aliphatic rings. The van der Waals surface area contributed by atoms with Crippen LogP contribution in [0.3, 0.4) is 0 Å². The third-order valence-electron chi connectivity index (χ3n) is 5.59. The molecule has 5 rings (SSSR count). The molecule has 0 fully saturated rings. The van der Waals surface area contributed by atoms with Crippen LogP contribution in [0.4, 0.5) is 5.82 Å². The fourth-order valence-electron chi connectivity index (χ4n) is 4.03. The number of aromatic nitrogens is 4. The summed E-state index contributed by atoms with van der Waals surface area (Å²) in [4.78, 5) is 34.1. The SMILES string of the molecule is CN1C(=O)[C@@H](NC(=O)c2nnc([C@@H]3CCc4ccccc43)[nH]2)COc2cccnc21. The number of nitrogens with one attached hydrogen (secondary N) is 2. The van der Waals surface area contributed by atoms with E-state index < -0.39 is 11.9 Å². The number of carbonyl (C=O) groups excluding carboxylic acids is 2. The minimum Gasteiger partial charge on any atom is -0.487 e. The van der Waals surface area contributed by atoms with Crippen LogP contribution in [0.5, 0.6) is 5.75 Å². The molecule has 2 aromatic heterocycles. The largest absolute Gasteiger partial charge is 0.487 e. The molecule has 3 aromatic rings. The number of nitrogens with zero attached hydrogens (tertiary/aromatic N) is 4. The van der Waals surface area contributed by atoms with E-state index in [0.29, 0.717) is 17.4 Å². The second-order valence-electron chi connectivity index (χ2n) is 7.41. The van der Waals surface area contributed by atoms with Crippen molar-refractivity contribution in [3.63, 3.8) is 0 Å². The predicted molar refractivity (Wildman–Crippen MR) is 107 cm³/mol. The molecule has 0 radical (unpaired) electrons. The van der Waals surface area contributed by atoms with Crippen molar-refractivity contribution in [1.82, 2.24) is 25.5 Å². The summed E-state index contributed by atoms with van der Waals surface area (Å²) in [6.07, 6.45) is 3.47.